The van der Waals surface area contributed by atoms with Crippen molar-refractivity contribution in [3.8, 4) is 0 Å². The minimum absolute atomic E-state index is 0.0833. The van der Waals surface area contributed by atoms with E-state index in [4.69, 9.17) is 0 Å². The summed E-state index contributed by atoms with van der Waals surface area (Å²) in [6.45, 7) is 4.42. The summed E-state index contributed by atoms with van der Waals surface area (Å²) in [5.41, 5.74) is 0. The number of carbonyl (C=O) groups excluding carboxylic acids is 1. The topological polar surface area (TPSA) is 17.1 Å². The van der Waals surface area contributed by atoms with Crippen LogP contribution in [0.4, 0.5) is 0 Å². The summed E-state index contributed by atoms with van der Waals surface area (Å²) in [4.78, 5) is 9.33. The van der Waals surface area contributed by atoms with E-state index < -0.39 is 0 Å². The Balaban J connectivity index is 0. The summed E-state index contributed by atoms with van der Waals surface area (Å²) in [5.74, 6) is -0.0833. The molecule has 0 N–H and O–H groups in total. The summed E-state index contributed by atoms with van der Waals surface area (Å²) >= 11 is 1.47. The van der Waals surface area contributed by atoms with E-state index in [9.17, 15) is 4.79 Å². The Morgan fingerprint density at radius 2 is 1.83 bits per heavy atom. The SMILES string of the molecule is [CH2-]C(C)=O.[Cl][Ti+]. The van der Waals surface area contributed by atoms with Crippen LogP contribution in [0.3, 0.4) is 0 Å². The number of halogens is 1. The van der Waals surface area contributed by atoms with Gasteiger partial charge in [0.1, 0.15) is 0 Å². The third-order valence-electron chi connectivity index (χ3n) is 0. The minimum atomic E-state index is -0.0833. The fourth-order valence-corrected chi connectivity index (χ4v) is 0. The number of rotatable bonds is 0. The predicted molar refractivity (Wildman–Crippen MR) is 21.9 cm³/mol. The molecular weight excluding hydrogens is 135 g/mol. The van der Waals surface area contributed by atoms with Crippen LogP contribution in [0.5, 0.6) is 0 Å². The van der Waals surface area contributed by atoms with Gasteiger partial charge < -0.3 is 11.7 Å². The van der Waals surface area contributed by atoms with E-state index in [0.29, 0.717) is 0 Å². The van der Waals surface area contributed by atoms with Gasteiger partial charge in [-0.15, -0.1) is 0 Å². The second kappa shape index (κ2) is 9.11. The van der Waals surface area contributed by atoms with Crippen LogP contribution in [0.25, 0.3) is 0 Å². The van der Waals surface area contributed by atoms with Gasteiger partial charge in [-0.05, 0) is 12.7 Å². The first-order valence-electron chi connectivity index (χ1n) is 1.25. The van der Waals surface area contributed by atoms with Gasteiger partial charge >= 0.3 is 28.7 Å². The second-order valence-electron chi connectivity index (χ2n) is 0.702. The molecule has 1 nitrogen and oxygen atoms in total. The Morgan fingerprint density at radius 1 is 1.83 bits per heavy atom. The zero-order chi connectivity index (χ0) is 5.58. The van der Waals surface area contributed by atoms with Crippen molar-refractivity contribution in [2.24, 2.45) is 0 Å². The van der Waals surface area contributed by atoms with Crippen LogP contribution in [-0.2, 0) is 24.2 Å². The van der Waals surface area contributed by atoms with Gasteiger partial charge in [-0.25, -0.2) is 0 Å². The number of hydrogen-bond acceptors (Lipinski definition) is 1. The molecule has 0 bridgehead atoms. The summed E-state index contributed by atoms with van der Waals surface area (Å²) in [6.07, 6.45) is 0. The van der Waals surface area contributed by atoms with Crippen molar-refractivity contribution in [1.29, 1.82) is 0 Å². The van der Waals surface area contributed by atoms with E-state index in [2.05, 4.69) is 16.2 Å². The number of carbonyl (C=O) groups is 1. The summed E-state index contributed by atoms with van der Waals surface area (Å²) < 4.78 is 0. The van der Waals surface area contributed by atoms with Gasteiger partial charge in [-0.3, -0.25) is 0 Å². The van der Waals surface area contributed by atoms with Gasteiger partial charge in [0, 0.05) is 0 Å². The third-order valence-corrected chi connectivity index (χ3v) is 0. The number of Topliss-reactive ketones (excluding diaryl/α,β-unsaturated/α-hetero) is 1. The molecule has 0 unspecified atom stereocenters. The molecule has 0 saturated carbocycles. The Kier molecular flexibility index (Phi) is 14.8. The maximum absolute atomic E-state index is 9.33. The first kappa shape index (κ1) is 9.74. The molecular formula is C3H5ClOTi. The van der Waals surface area contributed by atoms with Crippen LogP contribution in [0.1, 0.15) is 6.92 Å². The number of ketones is 1. The van der Waals surface area contributed by atoms with Crippen LogP contribution >= 0.6 is 9.30 Å². The van der Waals surface area contributed by atoms with Crippen LogP contribution in [0.15, 0.2) is 0 Å². The molecule has 6 heavy (non-hydrogen) atoms. The molecule has 0 spiro atoms. The van der Waals surface area contributed by atoms with Crippen molar-refractivity contribution in [3.63, 3.8) is 0 Å². The molecule has 0 heterocycles. The van der Waals surface area contributed by atoms with Crippen molar-refractivity contribution in [2.45, 2.75) is 6.92 Å². The van der Waals surface area contributed by atoms with E-state index in [0.717, 1.165) is 0 Å². The van der Waals surface area contributed by atoms with Gasteiger partial charge in [0.2, 0.25) is 0 Å². The Hall–Kier alpha value is 0.544. The van der Waals surface area contributed by atoms with E-state index in [1.54, 1.807) is 0 Å². The maximum atomic E-state index is 9.33. The zero-order valence-electron chi connectivity index (χ0n) is 3.49. The molecule has 0 aromatic carbocycles. The monoisotopic (exact) mass is 140 g/mol. The van der Waals surface area contributed by atoms with Crippen LogP contribution in [0, 0.1) is 6.92 Å². The molecule has 0 atom stereocenters. The van der Waals surface area contributed by atoms with Crippen molar-refractivity contribution in [2.75, 3.05) is 0 Å². The molecule has 0 aromatic heterocycles. The van der Waals surface area contributed by atoms with E-state index in [1.807, 2.05) is 0 Å². The molecule has 34 valence electrons. The first-order chi connectivity index (χ1) is 2.73. The molecule has 0 amide bonds. The first-order valence-corrected chi connectivity index (χ1v) is 3.40. The van der Waals surface area contributed by atoms with E-state index in [-0.39, 0.29) is 5.78 Å². The molecule has 0 aromatic rings. The fourth-order valence-electron chi connectivity index (χ4n) is 0. The molecule has 0 aliphatic carbocycles. The normalized spacial score (nSPS) is 4.83. The van der Waals surface area contributed by atoms with Crippen molar-refractivity contribution in [1.82, 2.24) is 0 Å². The molecule has 0 fully saturated rings. The summed E-state index contributed by atoms with van der Waals surface area (Å²) in [6, 6.07) is 0. The Labute approximate surface area is 53.3 Å². The van der Waals surface area contributed by atoms with Gasteiger partial charge in [-0.1, -0.05) is 0 Å². The Bertz CT molecular complexity index is 33.8. The van der Waals surface area contributed by atoms with Crippen molar-refractivity contribution >= 4 is 15.1 Å². The third kappa shape index (κ3) is 193. The van der Waals surface area contributed by atoms with Crippen LogP contribution in [0.2, 0.25) is 0 Å². The quantitative estimate of drug-likeness (QED) is 0.364. The average molecular weight is 140 g/mol. The average Bonchev–Trinajstić information content (AvgIpc) is 1.41. The summed E-state index contributed by atoms with van der Waals surface area (Å²) in [5, 5.41) is 0. The standard InChI is InChI=1S/C3H5O.ClH.Ti/c1-3(2)4;;/h1H2,2H3;1H;/q-1;;+2/p-1. The zero-order valence-corrected chi connectivity index (χ0v) is 5.81. The molecule has 3 heteroatoms. The van der Waals surface area contributed by atoms with E-state index in [1.165, 1.54) is 26.3 Å². The fraction of sp³-hybridized carbons (Fsp3) is 0.333. The molecule has 0 rings (SSSR count). The predicted octanol–water partition coefficient (Wildman–Crippen LogP) is 1.10. The Morgan fingerprint density at radius 3 is 1.83 bits per heavy atom. The molecule has 0 saturated heterocycles. The van der Waals surface area contributed by atoms with Gasteiger partial charge in [0.05, 0.1) is 0 Å². The number of hydrogen-bond donors (Lipinski definition) is 0. The van der Waals surface area contributed by atoms with E-state index >= 15 is 0 Å². The molecule has 0 aliphatic heterocycles. The second-order valence-corrected chi connectivity index (χ2v) is 0.702. The van der Waals surface area contributed by atoms with Gasteiger partial charge in [0.15, 0.2) is 0 Å². The van der Waals surface area contributed by atoms with Crippen molar-refractivity contribution < 1.29 is 24.2 Å². The van der Waals surface area contributed by atoms with Crippen LogP contribution in [-0.4, -0.2) is 5.78 Å². The van der Waals surface area contributed by atoms with Crippen LogP contribution < -0.4 is 0 Å². The van der Waals surface area contributed by atoms with Crippen molar-refractivity contribution in [3.05, 3.63) is 6.92 Å². The van der Waals surface area contributed by atoms with Gasteiger partial charge in [-0.2, -0.15) is 0 Å². The molecule has 0 aliphatic rings. The molecule has 0 radical (unpaired) electrons. The van der Waals surface area contributed by atoms with Gasteiger partial charge in [0.25, 0.3) is 0 Å². The summed E-state index contributed by atoms with van der Waals surface area (Å²) in [7, 11) is 4.64.